The summed E-state index contributed by atoms with van der Waals surface area (Å²) in [6.07, 6.45) is 1.76. The monoisotopic (exact) mass is 451 g/mol. The molecule has 0 fully saturated rings. The summed E-state index contributed by atoms with van der Waals surface area (Å²) in [5.74, 6) is 0.516. The smallest absolute Gasteiger partial charge is 0.265 e. The minimum absolute atomic E-state index is 0.111. The van der Waals surface area contributed by atoms with Crippen molar-refractivity contribution in [2.24, 2.45) is 0 Å². The summed E-state index contributed by atoms with van der Waals surface area (Å²) >= 11 is 7.38. The lowest BCUT2D eigenvalue weighted by molar-refractivity contribution is -0.121. The standard InChI is InChI=1S/C22H18ClN5O2S/c23-15-8-6-14(7-9-15)11-24-19(29)10-17-13-31-22-26-20-18(21(30)27(17)22)12-25-28(20)16-4-2-1-3-5-16/h1-9,12,17H,10-11,13H2,(H,24,29). The molecule has 5 rings (SSSR count). The molecular weight excluding hydrogens is 434 g/mol. The molecule has 0 aliphatic carbocycles. The molecule has 156 valence electrons. The quantitative estimate of drug-likeness (QED) is 0.469. The zero-order valence-electron chi connectivity index (χ0n) is 16.4. The molecule has 31 heavy (non-hydrogen) atoms. The first kappa shape index (κ1) is 19.8. The van der Waals surface area contributed by atoms with E-state index in [0.29, 0.717) is 33.5 Å². The summed E-state index contributed by atoms with van der Waals surface area (Å²) in [7, 11) is 0. The molecule has 1 unspecified atom stereocenters. The minimum Gasteiger partial charge on any atom is -0.352 e. The van der Waals surface area contributed by atoms with Crippen molar-refractivity contribution in [3.8, 4) is 5.69 Å². The number of carbonyl (C=O) groups excluding carboxylic acids is 1. The van der Waals surface area contributed by atoms with Crippen molar-refractivity contribution < 1.29 is 4.79 Å². The Bertz CT molecular complexity index is 1320. The maximum atomic E-state index is 13.2. The van der Waals surface area contributed by atoms with Gasteiger partial charge >= 0.3 is 0 Å². The molecule has 1 atom stereocenters. The Hall–Kier alpha value is -3.10. The molecule has 0 radical (unpaired) electrons. The van der Waals surface area contributed by atoms with Crippen LogP contribution in [0.5, 0.6) is 0 Å². The Balaban J connectivity index is 1.37. The lowest BCUT2D eigenvalue weighted by Crippen LogP contribution is -2.30. The molecule has 1 aliphatic heterocycles. The zero-order valence-corrected chi connectivity index (χ0v) is 17.9. The van der Waals surface area contributed by atoms with Crippen molar-refractivity contribution in [3.05, 3.63) is 81.7 Å². The fourth-order valence-corrected chi connectivity index (χ4v) is 4.88. The Kier molecular flexibility index (Phi) is 5.25. The van der Waals surface area contributed by atoms with Gasteiger partial charge in [0.25, 0.3) is 5.56 Å². The van der Waals surface area contributed by atoms with Crippen molar-refractivity contribution in [2.75, 3.05) is 5.75 Å². The number of rotatable bonds is 5. The number of fused-ring (bicyclic) bond motifs is 2. The van der Waals surface area contributed by atoms with Crippen LogP contribution in [0.1, 0.15) is 18.0 Å². The lowest BCUT2D eigenvalue weighted by atomic mass is 10.2. The van der Waals surface area contributed by atoms with Crippen molar-refractivity contribution in [3.63, 3.8) is 0 Å². The molecule has 1 N–H and O–H groups in total. The number of nitrogens with one attached hydrogen (secondary N) is 1. The molecule has 0 bridgehead atoms. The van der Waals surface area contributed by atoms with Crippen molar-refractivity contribution in [2.45, 2.75) is 24.2 Å². The second-order valence-electron chi connectivity index (χ2n) is 7.27. The van der Waals surface area contributed by atoms with E-state index in [-0.39, 0.29) is 23.9 Å². The van der Waals surface area contributed by atoms with Gasteiger partial charge in [0.1, 0.15) is 5.39 Å². The van der Waals surface area contributed by atoms with Gasteiger partial charge in [0.2, 0.25) is 5.91 Å². The fourth-order valence-electron chi connectivity index (χ4n) is 3.63. The van der Waals surface area contributed by atoms with Crippen molar-refractivity contribution in [1.29, 1.82) is 0 Å². The van der Waals surface area contributed by atoms with Gasteiger partial charge in [-0.1, -0.05) is 53.7 Å². The second-order valence-corrected chi connectivity index (χ2v) is 8.69. The summed E-state index contributed by atoms with van der Waals surface area (Å²) < 4.78 is 3.30. The van der Waals surface area contributed by atoms with E-state index in [4.69, 9.17) is 16.6 Å². The molecule has 0 saturated carbocycles. The highest BCUT2D eigenvalue weighted by Crippen LogP contribution is 2.33. The van der Waals surface area contributed by atoms with Crippen molar-refractivity contribution in [1.82, 2.24) is 24.6 Å². The highest BCUT2D eigenvalue weighted by molar-refractivity contribution is 7.99. The molecule has 3 heterocycles. The fraction of sp³-hybridized carbons (Fsp3) is 0.182. The minimum atomic E-state index is -0.241. The van der Waals surface area contributed by atoms with Crippen LogP contribution in [0.15, 0.2) is 70.7 Å². The van der Waals surface area contributed by atoms with E-state index in [9.17, 15) is 9.59 Å². The number of para-hydroxylation sites is 1. The average molecular weight is 452 g/mol. The third kappa shape index (κ3) is 3.84. The van der Waals surface area contributed by atoms with E-state index in [1.54, 1.807) is 27.6 Å². The number of hydrogen-bond donors (Lipinski definition) is 1. The Labute approximate surface area is 187 Å². The number of amides is 1. The molecule has 4 aromatic rings. The second kappa shape index (κ2) is 8.20. The predicted octanol–water partition coefficient (Wildman–Crippen LogP) is 3.59. The molecule has 0 saturated heterocycles. The van der Waals surface area contributed by atoms with Gasteiger partial charge in [-0.15, -0.1) is 0 Å². The summed E-state index contributed by atoms with van der Waals surface area (Å²) in [5.41, 5.74) is 2.17. The van der Waals surface area contributed by atoms with E-state index >= 15 is 0 Å². The van der Waals surface area contributed by atoms with Gasteiger partial charge in [0, 0.05) is 23.7 Å². The summed E-state index contributed by atoms with van der Waals surface area (Å²) in [6.45, 7) is 0.415. The van der Waals surface area contributed by atoms with E-state index in [1.165, 1.54) is 11.8 Å². The first-order chi connectivity index (χ1) is 15.1. The zero-order chi connectivity index (χ0) is 21.4. The maximum absolute atomic E-state index is 13.2. The third-order valence-electron chi connectivity index (χ3n) is 5.20. The normalized spacial score (nSPS) is 15.2. The van der Waals surface area contributed by atoms with Gasteiger partial charge in [0.15, 0.2) is 10.8 Å². The molecule has 7 nitrogen and oxygen atoms in total. The van der Waals surface area contributed by atoms with Gasteiger partial charge in [-0.05, 0) is 29.8 Å². The molecule has 1 amide bonds. The van der Waals surface area contributed by atoms with Crippen molar-refractivity contribution >= 4 is 40.3 Å². The molecular formula is C22H18ClN5O2S. The van der Waals surface area contributed by atoms with Crippen LogP contribution < -0.4 is 10.9 Å². The van der Waals surface area contributed by atoms with Crippen LogP contribution in [0.25, 0.3) is 16.7 Å². The van der Waals surface area contributed by atoms with Gasteiger partial charge in [0.05, 0.1) is 17.9 Å². The highest BCUT2D eigenvalue weighted by Gasteiger charge is 2.29. The summed E-state index contributed by atoms with van der Waals surface area (Å²) in [5, 5.41) is 9.00. The first-order valence-corrected chi connectivity index (χ1v) is 11.2. The summed E-state index contributed by atoms with van der Waals surface area (Å²) in [6, 6.07) is 16.7. The van der Waals surface area contributed by atoms with Crippen LogP contribution in [-0.4, -0.2) is 31.0 Å². The largest absolute Gasteiger partial charge is 0.352 e. The topological polar surface area (TPSA) is 81.8 Å². The number of benzene rings is 2. The van der Waals surface area contributed by atoms with E-state index < -0.39 is 0 Å². The van der Waals surface area contributed by atoms with Gasteiger partial charge < -0.3 is 5.32 Å². The Morgan fingerprint density at radius 2 is 1.94 bits per heavy atom. The van der Waals surface area contributed by atoms with Crippen LogP contribution in [0.4, 0.5) is 0 Å². The van der Waals surface area contributed by atoms with E-state index in [0.717, 1.165) is 11.3 Å². The number of carbonyl (C=O) groups is 1. The molecule has 9 heteroatoms. The number of hydrogen-bond acceptors (Lipinski definition) is 5. The first-order valence-electron chi connectivity index (χ1n) is 9.80. The number of aromatic nitrogens is 4. The van der Waals surface area contributed by atoms with Gasteiger partial charge in [-0.2, -0.15) is 5.10 Å². The number of halogens is 1. The van der Waals surface area contributed by atoms with Gasteiger partial charge in [-0.3, -0.25) is 14.2 Å². The number of thioether (sulfide) groups is 1. The lowest BCUT2D eigenvalue weighted by Gasteiger charge is -2.13. The molecule has 0 spiro atoms. The van der Waals surface area contributed by atoms with Crippen LogP contribution in [0.2, 0.25) is 5.02 Å². The highest BCUT2D eigenvalue weighted by atomic mass is 35.5. The molecule has 2 aromatic heterocycles. The SMILES string of the molecule is O=C(CC1CSc2nc3c(cnn3-c3ccccc3)c(=O)n21)NCc1ccc(Cl)cc1. The third-order valence-corrected chi connectivity index (χ3v) is 6.54. The Morgan fingerprint density at radius 1 is 1.16 bits per heavy atom. The maximum Gasteiger partial charge on any atom is 0.265 e. The van der Waals surface area contributed by atoms with E-state index in [2.05, 4.69) is 10.4 Å². The van der Waals surface area contributed by atoms with E-state index in [1.807, 2.05) is 42.5 Å². The average Bonchev–Trinajstić information content (AvgIpc) is 3.39. The van der Waals surface area contributed by atoms with Crippen LogP contribution in [-0.2, 0) is 11.3 Å². The Morgan fingerprint density at radius 3 is 2.71 bits per heavy atom. The number of nitrogens with zero attached hydrogens (tertiary/aromatic N) is 4. The van der Waals surface area contributed by atoms with Crippen LogP contribution >= 0.6 is 23.4 Å². The van der Waals surface area contributed by atoms with Gasteiger partial charge in [-0.25, -0.2) is 9.67 Å². The predicted molar refractivity (Wildman–Crippen MR) is 121 cm³/mol. The van der Waals surface area contributed by atoms with Crippen LogP contribution in [0, 0.1) is 0 Å². The molecule has 1 aliphatic rings. The summed E-state index contributed by atoms with van der Waals surface area (Å²) in [4.78, 5) is 30.4. The molecule has 2 aromatic carbocycles. The van der Waals surface area contributed by atoms with Crippen LogP contribution in [0.3, 0.4) is 0 Å².